The van der Waals surface area contributed by atoms with Crippen LogP contribution in [0.4, 0.5) is 0 Å². The van der Waals surface area contributed by atoms with Gasteiger partial charge >= 0.3 is 0 Å². The summed E-state index contributed by atoms with van der Waals surface area (Å²) in [6.45, 7) is 1.70. The highest BCUT2D eigenvalue weighted by atomic mass is 79.9. The van der Waals surface area contributed by atoms with Crippen molar-refractivity contribution in [1.82, 2.24) is 5.32 Å². The van der Waals surface area contributed by atoms with Crippen LogP contribution in [0.15, 0.2) is 33.6 Å². The minimum absolute atomic E-state index is 0.254. The molecule has 1 heterocycles. The molecule has 0 amide bonds. The average molecular weight is 318 g/mol. The lowest BCUT2D eigenvalue weighted by Crippen LogP contribution is -2.23. The Kier molecular flexibility index (Phi) is 4.22. The summed E-state index contributed by atoms with van der Waals surface area (Å²) < 4.78 is 25.7. The summed E-state index contributed by atoms with van der Waals surface area (Å²) in [5.41, 5.74) is 0. The van der Waals surface area contributed by atoms with Crippen LogP contribution in [-0.4, -0.2) is 26.8 Å². The molecule has 0 radical (unpaired) electrons. The summed E-state index contributed by atoms with van der Waals surface area (Å²) in [5.74, 6) is 0. The second-order valence-electron chi connectivity index (χ2n) is 4.28. The lowest BCUT2D eigenvalue weighted by atomic mass is 10.2. The SMILES string of the molecule is O=S(=O)(c1ccccc1Br)C1CCCNCC1. The van der Waals surface area contributed by atoms with Crippen LogP contribution in [0.3, 0.4) is 0 Å². The molecule has 0 bridgehead atoms. The van der Waals surface area contributed by atoms with E-state index in [0.717, 1.165) is 25.9 Å². The van der Waals surface area contributed by atoms with Crippen molar-refractivity contribution in [3.05, 3.63) is 28.7 Å². The van der Waals surface area contributed by atoms with Gasteiger partial charge in [0.05, 0.1) is 10.1 Å². The maximum atomic E-state index is 12.5. The van der Waals surface area contributed by atoms with Crippen molar-refractivity contribution in [2.45, 2.75) is 29.4 Å². The molecule has 5 heteroatoms. The van der Waals surface area contributed by atoms with E-state index in [1.807, 2.05) is 6.07 Å². The van der Waals surface area contributed by atoms with Gasteiger partial charge < -0.3 is 5.32 Å². The number of rotatable bonds is 2. The summed E-state index contributed by atoms with van der Waals surface area (Å²) in [7, 11) is -3.20. The standard InChI is InChI=1S/C12H16BrNO2S/c13-11-5-1-2-6-12(11)17(15,16)10-4-3-8-14-9-7-10/h1-2,5-6,10,14H,3-4,7-9H2. The van der Waals surface area contributed by atoms with Gasteiger partial charge in [-0.25, -0.2) is 8.42 Å². The fourth-order valence-electron chi connectivity index (χ4n) is 2.15. The van der Waals surface area contributed by atoms with Crippen LogP contribution in [0.1, 0.15) is 19.3 Å². The molecule has 0 aromatic heterocycles. The van der Waals surface area contributed by atoms with Gasteiger partial charge in [0.2, 0.25) is 0 Å². The van der Waals surface area contributed by atoms with Gasteiger partial charge in [0, 0.05) is 4.47 Å². The minimum atomic E-state index is -3.20. The van der Waals surface area contributed by atoms with Gasteiger partial charge in [-0.2, -0.15) is 0 Å². The first-order valence-electron chi connectivity index (χ1n) is 5.81. The Morgan fingerprint density at radius 1 is 1.18 bits per heavy atom. The number of benzene rings is 1. The van der Waals surface area contributed by atoms with Crippen LogP contribution >= 0.6 is 15.9 Å². The molecule has 1 saturated heterocycles. The first kappa shape index (κ1) is 13.1. The Morgan fingerprint density at radius 2 is 1.94 bits per heavy atom. The zero-order valence-corrected chi connectivity index (χ0v) is 11.9. The number of nitrogens with one attached hydrogen (secondary N) is 1. The molecule has 1 aliphatic rings. The Hall–Kier alpha value is -0.390. The summed E-state index contributed by atoms with van der Waals surface area (Å²) >= 11 is 3.32. The van der Waals surface area contributed by atoms with Gasteiger partial charge in [-0.3, -0.25) is 0 Å². The van der Waals surface area contributed by atoms with Crippen LogP contribution in [-0.2, 0) is 9.84 Å². The van der Waals surface area contributed by atoms with Crippen LogP contribution in [0.2, 0.25) is 0 Å². The predicted octanol–water partition coefficient (Wildman–Crippen LogP) is 2.36. The number of sulfone groups is 1. The monoisotopic (exact) mass is 317 g/mol. The van der Waals surface area contributed by atoms with E-state index >= 15 is 0 Å². The van der Waals surface area contributed by atoms with Crippen LogP contribution in [0.25, 0.3) is 0 Å². The fraction of sp³-hybridized carbons (Fsp3) is 0.500. The third-order valence-electron chi connectivity index (χ3n) is 3.10. The van der Waals surface area contributed by atoms with Gasteiger partial charge in [0.25, 0.3) is 0 Å². The molecule has 0 spiro atoms. The average Bonchev–Trinajstić information content (AvgIpc) is 2.58. The summed E-state index contributed by atoms with van der Waals surface area (Å²) in [4.78, 5) is 0.423. The van der Waals surface area contributed by atoms with Crippen molar-refractivity contribution in [3.63, 3.8) is 0 Å². The van der Waals surface area contributed by atoms with Crippen molar-refractivity contribution in [2.75, 3.05) is 13.1 Å². The molecule has 0 saturated carbocycles. The Morgan fingerprint density at radius 3 is 2.71 bits per heavy atom. The highest BCUT2D eigenvalue weighted by Crippen LogP contribution is 2.28. The van der Waals surface area contributed by atoms with E-state index in [1.165, 1.54) is 0 Å². The van der Waals surface area contributed by atoms with Crippen molar-refractivity contribution in [3.8, 4) is 0 Å². The molecule has 17 heavy (non-hydrogen) atoms. The first-order valence-corrected chi connectivity index (χ1v) is 8.15. The first-order chi connectivity index (χ1) is 8.12. The number of hydrogen-bond acceptors (Lipinski definition) is 3. The molecular formula is C12H16BrNO2S. The van der Waals surface area contributed by atoms with E-state index in [4.69, 9.17) is 0 Å². The molecule has 1 atom stereocenters. The van der Waals surface area contributed by atoms with Gasteiger partial charge in [-0.1, -0.05) is 12.1 Å². The molecule has 1 fully saturated rings. The van der Waals surface area contributed by atoms with Gasteiger partial charge in [0.15, 0.2) is 9.84 Å². The summed E-state index contributed by atoms with van der Waals surface area (Å²) in [6.07, 6.45) is 2.37. The maximum absolute atomic E-state index is 12.5. The summed E-state index contributed by atoms with van der Waals surface area (Å²) in [5, 5.41) is 2.99. The third kappa shape index (κ3) is 2.89. The Bertz CT molecular complexity index is 479. The molecule has 94 valence electrons. The molecule has 2 rings (SSSR count). The molecule has 0 aliphatic carbocycles. The molecule has 1 aliphatic heterocycles. The molecule has 3 nitrogen and oxygen atoms in total. The number of halogens is 1. The second kappa shape index (κ2) is 5.50. The maximum Gasteiger partial charge on any atom is 0.182 e. The fourth-order valence-corrected chi connectivity index (χ4v) is 4.99. The smallest absolute Gasteiger partial charge is 0.182 e. The highest BCUT2D eigenvalue weighted by Gasteiger charge is 2.29. The lowest BCUT2D eigenvalue weighted by molar-refractivity contribution is 0.566. The van der Waals surface area contributed by atoms with Gasteiger partial charge in [-0.15, -0.1) is 0 Å². The van der Waals surface area contributed by atoms with E-state index in [1.54, 1.807) is 18.2 Å². The third-order valence-corrected chi connectivity index (χ3v) is 6.38. The minimum Gasteiger partial charge on any atom is -0.317 e. The van der Waals surface area contributed by atoms with E-state index in [2.05, 4.69) is 21.2 Å². The van der Waals surface area contributed by atoms with Crippen molar-refractivity contribution in [2.24, 2.45) is 0 Å². The lowest BCUT2D eigenvalue weighted by Gasteiger charge is -2.15. The predicted molar refractivity (Wildman–Crippen MR) is 71.8 cm³/mol. The Labute approximate surface area is 111 Å². The van der Waals surface area contributed by atoms with Crippen molar-refractivity contribution < 1.29 is 8.42 Å². The van der Waals surface area contributed by atoms with E-state index in [0.29, 0.717) is 15.8 Å². The molecule has 1 aromatic rings. The normalized spacial score (nSPS) is 22.1. The molecular weight excluding hydrogens is 302 g/mol. The van der Waals surface area contributed by atoms with E-state index < -0.39 is 9.84 Å². The van der Waals surface area contributed by atoms with E-state index in [-0.39, 0.29) is 5.25 Å². The topological polar surface area (TPSA) is 46.2 Å². The van der Waals surface area contributed by atoms with Crippen molar-refractivity contribution in [1.29, 1.82) is 0 Å². The highest BCUT2D eigenvalue weighted by molar-refractivity contribution is 9.10. The van der Waals surface area contributed by atoms with Gasteiger partial charge in [0.1, 0.15) is 0 Å². The van der Waals surface area contributed by atoms with Gasteiger partial charge in [-0.05, 0) is 60.4 Å². The summed E-state index contributed by atoms with van der Waals surface area (Å²) in [6, 6.07) is 7.06. The van der Waals surface area contributed by atoms with Crippen molar-refractivity contribution >= 4 is 25.8 Å². The van der Waals surface area contributed by atoms with Crippen LogP contribution < -0.4 is 5.32 Å². The number of hydrogen-bond donors (Lipinski definition) is 1. The zero-order valence-electron chi connectivity index (χ0n) is 9.52. The van der Waals surface area contributed by atoms with E-state index in [9.17, 15) is 8.42 Å². The Balaban J connectivity index is 2.32. The second-order valence-corrected chi connectivity index (χ2v) is 7.33. The molecule has 1 unspecified atom stereocenters. The quantitative estimate of drug-likeness (QED) is 0.910. The van der Waals surface area contributed by atoms with Crippen LogP contribution in [0.5, 0.6) is 0 Å². The largest absolute Gasteiger partial charge is 0.317 e. The van der Waals surface area contributed by atoms with Crippen LogP contribution in [0, 0.1) is 0 Å². The molecule has 1 N–H and O–H groups in total. The zero-order chi connectivity index (χ0) is 12.3. The molecule has 1 aromatic carbocycles.